The van der Waals surface area contributed by atoms with E-state index in [4.69, 9.17) is 11.5 Å². The molecular weight excluding hydrogens is 466 g/mol. The van der Waals surface area contributed by atoms with Gasteiger partial charge in [0.1, 0.15) is 18.1 Å². The number of imidazole rings is 1. The number of carboxylic acids is 1. The van der Waals surface area contributed by atoms with Crippen molar-refractivity contribution in [1.82, 2.24) is 25.9 Å². The summed E-state index contributed by atoms with van der Waals surface area (Å²) in [5, 5.41) is 16.9. The fraction of sp³-hybridized carbons (Fsp3) is 0.600. The fourth-order valence-corrected chi connectivity index (χ4v) is 3.43. The van der Waals surface area contributed by atoms with Crippen LogP contribution in [0.25, 0.3) is 0 Å². The number of aromatic amines is 1. The molecule has 0 radical (unpaired) electrons. The van der Waals surface area contributed by atoms with Crippen LogP contribution in [0.4, 0.5) is 0 Å². The van der Waals surface area contributed by atoms with Gasteiger partial charge in [-0.15, -0.1) is 0 Å². The monoisotopic (exact) mass is 499 g/mol. The van der Waals surface area contributed by atoms with Crippen molar-refractivity contribution < 1.29 is 29.1 Å². The molecule has 190 valence electrons. The number of carboxylic acid groups (broad SMARTS) is 1. The van der Waals surface area contributed by atoms with E-state index in [1.807, 2.05) is 6.26 Å². The minimum absolute atomic E-state index is 0.00634. The van der Waals surface area contributed by atoms with E-state index in [0.717, 1.165) is 0 Å². The first-order chi connectivity index (χ1) is 16.0. The van der Waals surface area contributed by atoms with E-state index in [1.54, 1.807) is 13.8 Å². The molecule has 13 nitrogen and oxygen atoms in total. The molecule has 1 aromatic rings. The minimum atomic E-state index is -1.23. The van der Waals surface area contributed by atoms with Crippen molar-refractivity contribution in [3.05, 3.63) is 18.2 Å². The molecule has 0 aromatic carbocycles. The summed E-state index contributed by atoms with van der Waals surface area (Å²) in [5.74, 6) is -3.96. The maximum absolute atomic E-state index is 13.0. The number of nitrogens with zero attached hydrogens (tertiary/aromatic N) is 1. The zero-order valence-corrected chi connectivity index (χ0v) is 20.2. The molecule has 4 amide bonds. The number of carbonyl (C=O) groups excluding carboxylic acids is 4. The molecule has 0 aliphatic carbocycles. The van der Waals surface area contributed by atoms with E-state index in [0.29, 0.717) is 11.4 Å². The van der Waals surface area contributed by atoms with Gasteiger partial charge >= 0.3 is 5.97 Å². The highest BCUT2D eigenvalue weighted by molar-refractivity contribution is 7.98. The van der Waals surface area contributed by atoms with E-state index in [-0.39, 0.29) is 19.3 Å². The predicted molar refractivity (Wildman–Crippen MR) is 125 cm³/mol. The Morgan fingerprint density at radius 2 is 1.71 bits per heavy atom. The quantitative estimate of drug-likeness (QED) is 0.143. The van der Waals surface area contributed by atoms with Crippen molar-refractivity contribution in [1.29, 1.82) is 0 Å². The second kappa shape index (κ2) is 14.2. The van der Waals surface area contributed by atoms with Crippen molar-refractivity contribution in [2.75, 3.05) is 12.0 Å². The number of thioether (sulfide) groups is 1. The summed E-state index contributed by atoms with van der Waals surface area (Å²) in [4.78, 5) is 67.6. The molecule has 1 heterocycles. The molecule has 4 atom stereocenters. The highest BCUT2D eigenvalue weighted by Crippen LogP contribution is 2.07. The lowest BCUT2D eigenvalue weighted by atomic mass is 10.0. The molecule has 0 aliphatic heterocycles. The second-order valence-corrected chi connectivity index (χ2v) is 9.02. The maximum Gasteiger partial charge on any atom is 0.326 e. The number of aromatic nitrogens is 2. The Hall–Kier alpha value is -3.13. The normalized spacial score (nSPS) is 14.5. The van der Waals surface area contributed by atoms with Gasteiger partial charge in [-0.3, -0.25) is 19.2 Å². The van der Waals surface area contributed by atoms with Crippen molar-refractivity contribution in [3.63, 3.8) is 0 Å². The van der Waals surface area contributed by atoms with Gasteiger partial charge in [0.25, 0.3) is 0 Å². The van der Waals surface area contributed by atoms with Gasteiger partial charge in [0.15, 0.2) is 0 Å². The van der Waals surface area contributed by atoms with Crippen LogP contribution in [-0.2, 0) is 30.4 Å². The average Bonchev–Trinajstić information content (AvgIpc) is 3.26. The van der Waals surface area contributed by atoms with E-state index >= 15 is 0 Å². The Morgan fingerprint density at radius 1 is 1.09 bits per heavy atom. The fourth-order valence-electron chi connectivity index (χ4n) is 2.96. The van der Waals surface area contributed by atoms with Gasteiger partial charge in [-0.2, -0.15) is 11.8 Å². The van der Waals surface area contributed by atoms with Crippen LogP contribution in [-0.4, -0.2) is 80.8 Å². The molecule has 0 fully saturated rings. The number of hydrogen-bond acceptors (Lipinski definition) is 8. The van der Waals surface area contributed by atoms with E-state index < -0.39 is 59.7 Å². The number of carbonyl (C=O) groups is 5. The third kappa shape index (κ3) is 9.79. The zero-order chi connectivity index (χ0) is 25.8. The number of amides is 4. The first-order valence-electron chi connectivity index (χ1n) is 10.6. The first-order valence-corrected chi connectivity index (χ1v) is 12.0. The number of aliphatic carboxylic acids is 1. The van der Waals surface area contributed by atoms with E-state index in [1.165, 1.54) is 24.3 Å². The summed E-state index contributed by atoms with van der Waals surface area (Å²) in [6.07, 6.45) is 4.54. The average molecular weight is 500 g/mol. The molecule has 0 saturated carbocycles. The summed E-state index contributed by atoms with van der Waals surface area (Å²) >= 11 is 1.44. The molecule has 1 rings (SSSR count). The third-order valence-electron chi connectivity index (χ3n) is 4.84. The van der Waals surface area contributed by atoms with Gasteiger partial charge in [0.2, 0.25) is 23.6 Å². The Labute approximate surface area is 201 Å². The predicted octanol–water partition coefficient (Wildman–Crippen LogP) is -1.90. The number of primary amides is 1. The topological polar surface area (TPSA) is 222 Å². The molecule has 1 aromatic heterocycles. The molecule has 4 unspecified atom stereocenters. The largest absolute Gasteiger partial charge is 0.480 e. The molecule has 9 N–H and O–H groups in total. The smallest absolute Gasteiger partial charge is 0.326 e. The Balaban J connectivity index is 3.04. The first kappa shape index (κ1) is 28.9. The van der Waals surface area contributed by atoms with Crippen molar-refractivity contribution in [2.45, 2.75) is 57.3 Å². The van der Waals surface area contributed by atoms with Crippen LogP contribution in [0.1, 0.15) is 32.4 Å². The number of rotatable bonds is 15. The van der Waals surface area contributed by atoms with Crippen LogP contribution in [0, 0.1) is 5.92 Å². The highest BCUT2D eigenvalue weighted by atomic mass is 32.2. The van der Waals surface area contributed by atoms with Crippen LogP contribution in [0.15, 0.2) is 12.5 Å². The van der Waals surface area contributed by atoms with Gasteiger partial charge in [-0.25, -0.2) is 9.78 Å². The summed E-state index contributed by atoms with van der Waals surface area (Å²) in [6.45, 7) is 3.29. The van der Waals surface area contributed by atoms with Gasteiger partial charge in [-0.05, 0) is 24.3 Å². The summed E-state index contributed by atoms with van der Waals surface area (Å²) in [7, 11) is 0. The lowest BCUT2D eigenvalue weighted by Gasteiger charge is -2.25. The van der Waals surface area contributed by atoms with E-state index in [2.05, 4.69) is 25.9 Å². The molecule has 0 bridgehead atoms. The second-order valence-electron chi connectivity index (χ2n) is 8.03. The highest BCUT2D eigenvalue weighted by Gasteiger charge is 2.31. The van der Waals surface area contributed by atoms with Gasteiger partial charge in [0.05, 0.1) is 18.8 Å². The Kier molecular flexibility index (Phi) is 12.1. The molecular formula is C20H33N7O6S. The van der Waals surface area contributed by atoms with Crippen LogP contribution in [0.3, 0.4) is 0 Å². The zero-order valence-electron chi connectivity index (χ0n) is 19.4. The number of nitrogens with two attached hydrogens (primary N) is 2. The molecule has 14 heteroatoms. The lowest BCUT2D eigenvalue weighted by Crippen LogP contribution is -2.58. The van der Waals surface area contributed by atoms with Crippen molar-refractivity contribution >= 4 is 41.4 Å². The SMILES string of the molecule is CSCCC(NC(=O)C(N)CC(N)=O)C(=O)NC(Cc1cnc[nH]1)C(=O)NC(C(=O)O)C(C)C. The summed E-state index contributed by atoms with van der Waals surface area (Å²) in [5.41, 5.74) is 11.3. The number of hydrogen-bond donors (Lipinski definition) is 7. The van der Waals surface area contributed by atoms with Crippen molar-refractivity contribution in [3.8, 4) is 0 Å². The van der Waals surface area contributed by atoms with Crippen LogP contribution in [0.5, 0.6) is 0 Å². The molecule has 0 aliphatic rings. The van der Waals surface area contributed by atoms with E-state index in [9.17, 15) is 29.1 Å². The Bertz CT molecular complexity index is 848. The number of nitrogens with one attached hydrogen (secondary N) is 4. The van der Waals surface area contributed by atoms with Crippen LogP contribution >= 0.6 is 11.8 Å². The van der Waals surface area contributed by atoms with Crippen LogP contribution < -0.4 is 27.4 Å². The molecule has 0 spiro atoms. The van der Waals surface area contributed by atoms with Gasteiger partial charge in [0, 0.05) is 18.3 Å². The summed E-state index contributed by atoms with van der Waals surface area (Å²) < 4.78 is 0. The maximum atomic E-state index is 13.0. The third-order valence-corrected chi connectivity index (χ3v) is 5.49. The van der Waals surface area contributed by atoms with Gasteiger partial charge < -0.3 is 37.5 Å². The molecule has 0 saturated heterocycles. The van der Waals surface area contributed by atoms with Crippen molar-refractivity contribution in [2.24, 2.45) is 17.4 Å². The minimum Gasteiger partial charge on any atom is -0.480 e. The van der Waals surface area contributed by atoms with Gasteiger partial charge in [-0.1, -0.05) is 13.8 Å². The lowest BCUT2D eigenvalue weighted by molar-refractivity contribution is -0.143. The standard InChI is InChI=1S/C20H33N7O6S/c1-10(2)16(20(32)33)27-19(31)14(6-11-8-23-9-24-11)26-18(30)13(4-5-34-3)25-17(29)12(21)7-15(22)28/h8-10,12-14,16H,4-7,21H2,1-3H3,(H2,22,28)(H,23,24)(H,25,29)(H,26,30)(H,27,31)(H,32,33). The number of H-pyrrole nitrogens is 1. The molecule has 34 heavy (non-hydrogen) atoms. The Morgan fingerprint density at radius 3 is 2.21 bits per heavy atom. The van der Waals surface area contributed by atoms with Crippen LogP contribution in [0.2, 0.25) is 0 Å². The summed E-state index contributed by atoms with van der Waals surface area (Å²) in [6, 6.07) is -4.58.